The molecule has 3 aromatic rings. The lowest BCUT2D eigenvalue weighted by Gasteiger charge is -2.40. The van der Waals surface area contributed by atoms with E-state index in [1.165, 1.54) is 0 Å². The van der Waals surface area contributed by atoms with E-state index >= 15 is 0 Å². The first-order valence-corrected chi connectivity index (χ1v) is 13.7. The summed E-state index contributed by atoms with van der Waals surface area (Å²) in [6.45, 7) is 3.47. The molecular weight excluding hydrogens is 616 g/mol. The first kappa shape index (κ1) is 27.9. The van der Waals surface area contributed by atoms with Gasteiger partial charge in [0.25, 0.3) is 5.91 Å². The summed E-state index contributed by atoms with van der Waals surface area (Å²) < 4.78 is 12.2. The number of anilines is 2. The smallest absolute Gasteiger partial charge is 0.311 e. The van der Waals surface area contributed by atoms with Gasteiger partial charge in [-0.2, -0.15) is 0 Å². The van der Waals surface area contributed by atoms with Crippen LogP contribution in [-0.4, -0.2) is 31.5 Å². The average molecular weight is 644 g/mol. The van der Waals surface area contributed by atoms with Crippen molar-refractivity contribution in [3.63, 3.8) is 0 Å². The molecule has 1 aliphatic heterocycles. The molecule has 1 saturated heterocycles. The molecule has 0 saturated carbocycles. The molecule has 1 heterocycles. The Hall–Kier alpha value is -3.17. The van der Waals surface area contributed by atoms with Crippen LogP contribution in [0.1, 0.15) is 35.6 Å². The molecule has 9 heteroatoms. The van der Waals surface area contributed by atoms with Gasteiger partial charge in [0.1, 0.15) is 5.75 Å². The van der Waals surface area contributed by atoms with Crippen LogP contribution in [0.2, 0.25) is 0 Å². The summed E-state index contributed by atoms with van der Waals surface area (Å²) in [6.07, 6.45) is 0.503. The van der Waals surface area contributed by atoms with Gasteiger partial charge in [-0.25, -0.2) is 0 Å². The van der Waals surface area contributed by atoms with Crippen molar-refractivity contribution in [2.75, 3.05) is 23.9 Å². The largest absolute Gasteiger partial charge is 0.497 e. The Morgan fingerprint density at radius 3 is 2.21 bits per heavy atom. The predicted molar refractivity (Wildman–Crippen MR) is 153 cm³/mol. The van der Waals surface area contributed by atoms with E-state index in [2.05, 4.69) is 37.2 Å². The Balaban J connectivity index is 1.57. The van der Waals surface area contributed by atoms with Crippen LogP contribution in [0.15, 0.2) is 69.6 Å². The molecule has 1 N–H and O–H groups in total. The number of carbonyl (C=O) groups is 3. The maximum Gasteiger partial charge on any atom is 0.311 e. The number of hydrogen-bond donors (Lipinski definition) is 1. The quantitative estimate of drug-likeness (QED) is 0.297. The highest BCUT2D eigenvalue weighted by Gasteiger charge is 2.42. The van der Waals surface area contributed by atoms with E-state index in [1.54, 1.807) is 24.1 Å². The van der Waals surface area contributed by atoms with Crippen LogP contribution >= 0.6 is 31.9 Å². The van der Waals surface area contributed by atoms with E-state index in [1.807, 2.05) is 62.4 Å². The van der Waals surface area contributed by atoms with Crippen molar-refractivity contribution in [2.45, 2.75) is 32.7 Å². The first-order valence-electron chi connectivity index (χ1n) is 12.1. The number of nitrogens with zero attached hydrogens (tertiary/aromatic N) is 1. The average Bonchev–Trinajstić information content (AvgIpc) is 2.90. The van der Waals surface area contributed by atoms with Crippen molar-refractivity contribution in [2.24, 2.45) is 5.92 Å². The number of hydrogen-bond acceptors (Lipinski definition) is 5. The third-order valence-corrected chi connectivity index (χ3v) is 7.72. The van der Waals surface area contributed by atoms with Gasteiger partial charge in [-0.3, -0.25) is 14.4 Å². The van der Waals surface area contributed by atoms with Crippen molar-refractivity contribution in [1.82, 2.24) is 0 Å². The van der Waals surface area contributed by atoms with E-state index in [0.717, 1.165) is 16.7 Å². The molecule has 7 nitrogen and oxygen atoms in total. The second kappa shape index (κ2) is 12.1. The van der Waals surface area contributed by atoms with Crippen LogP contribution in [0.25, 0.3) is 0 Å². The lowest BCUT2D eigenvalue weighted by atomic mass is 9.83. The summed E-state index contributed by atoms with van der Waals surface area (Å²) in [4.78, 5) is 40.9. The molecular formula is C29H28Br2N2O5. The van der Waals surface area contributed by atoms with Gasteiger partial charge in [0.05, 0.1) is 24.8 Å². The van der Waals surface area contributed by atoms with Crippen LogP contribution in [0.3, 0.4) is 0 Å². The fourth-order valence-electron chi connectivity index (χ4n) is 4.57. The van der Waals surface area contributed by atoms with Crippen molar-refractivity contribution in [3.05, 3.63) is 86.3 Å². The summed E-state index contributed by atoms with van der Waals surface area (Å²) in [5.74, 6) is -1.07. The molecule has 1 aliphatic rings. The molecule has 2 amide bonds. The third-order valence-electron chi connectivity index (χ3n) is 6.47. The fraction of sp³-hybridized carbons (Fsp3) is 0.276. The summed E-state index contributed by atoms with van der Waals surface area (Å²) in [6, 6.07) is 18.1. The van der Waals surface area contributed by atoms with Gasteiger partial charge in [-0.15, -0.1) is 0 Å². The Morgan fingerprint density at radius 2 is 1.61 bits per heavy atom. The number of ether oxygens (including phenoxy) is 2. The van der Waals surface area contributed by atoms with Gasteiger partial charge in [-0.1, -0.05) is 29.8 Å². The van der Waals surface area contributed by atoms with Crippen molar-refractivity contribution < 1.29 is 23.9 Å². The molecule has 2 unspecified atom stereocenters. The molecule has 0 aliphatic carbocycles. The van der Waals surface area contributed by atoms with Crippen LogP contribution in [-0.2, 0) is 19.1 Å². The number of rotatable bonds is 7. The standard InChI is InChI=1S/C29H28Br2N2O5/c1-17-4-8-20(9-5-17)33-26(35)13-12-22(28(33)19-6-10-21(37-3)11-7-19)29(36)38-16-25(34)32-27-23(30)14-18(2)15-24(27)31/h4-11,14-15,22,28H,12-13,16H2,1-3H3,(H,32,34). The maximum absolute atomic E-state index is 13.4. The molecule has 0 bridgehead atoms. The third kappa shape index (κ3) is 6.27. The van der Waals surface area contributed by atoms with E-state index in [9.17, 15) is 14.4 Å². The highest BCUT2D eigenvalue weighted by atomic mass is 79.9. The zero-order valence-electron chi connectivity index (χ0n) is 21.3. The van der Waals surface area contributed by atoms with Crippen molar-refractivity contribution in [3.8, 4) is 5.75 Å². The monoisotopic (exact) mass is 642 g/mol. The topological polar surface area (TPSA) is 84.9 Å². The molecule has 38 heavy (non-hydrogen) atoms. The maximum atomic E-state index is 13.4. The highest BCUT2D eigenvalue weighted by molar-refractivity contribution is 9.11. The number of benzene rings is 3. The zero-order valence-corrected chi connectivity index (χ0v) is 24.5. The highest BCUT2D eigenvalue weighted by Crippen LogP contribution is 2.41. The normalized spacial score (nSPS) is 17.2. The number of carbonyl (C=O) groups excluding carboxylic acids is 3. The van der Waals surface area contributed by atoms with Crippen LogP contribution in [0, 0.1) is 19.8 Å². The van der Waals surface area contributed by atoms with E-state index in [0.29, 0.717) is 32.5 Å². The molecule has 0 radical (unpaired) electrons. The number of piperidine rings is 1. The molecule has 4 rings (SSSR count). The minimum absolute atomic E-state index is 0.0782. The van der Waals surface area contributed by atoms with E-state index < -0.39 is 30.4 Å². The zero-order chi connectivity index (χ0) is 27.4. The van der Waals surface area contributed by atoms with Crippen LogP contribution < -0.4 is 15.0 Å². The van der Waals surface area contributed by atoms with Gasteiger partial charge in [-0.05, 0) is 99.7 Å². The summed E-state index contributed by atoms with van der Waals surface area (Å²) in [5, 5.41) is 2.78. The van der Waals surface area contributed by atoms with Crippen molar-refractivity contribution >= 4 is 61.0 Å². The van der Waals surface area contributed by atoms with E-state index in [4.69, 9.17) is 9.47 Å². The summed E-state index contributed by atoms with van der Waals surface area (Å²) >= 11 is 6.91. The number of esters is 1. The Bertz CT molecular complexity index is 1320. The number of aryl methyl sites for hydroxylation is 2. The van der Waals surface area contributed by atoms with Gasteiger partial charge in [0.15, 0.2) is 6.61 Å². The Morgan fingerprint density at radius 1 is 0.974 bits per heavy atom. The second-order valence-corrected chi connectivity index (χ2v) is 10.9. The Labute approximate surface area is 238 Å². The van der Waals surface area contributed by atoms with Gasteiger partial charge >= 0.3 is 5.97 Å². The number of halogens is 2. The summed E-state index contributed by atoms with van der Waals surface area (Å²) in [7, 11) is 1.58. The number of amides is 2. The van der Waals surface area contributed by atoms with Gasteiger partial charge in [0, 0.05) is 21.1 Å². The fourth-order valence-corrected chi connectivity index (χ4v) is 6.18. The molecule has 3 aromatic carbocycles. The first-order chi connectivity index (χ1) is 18.2. The summed E-state index contributed by atoms with van der Waals surface area (Å²) in [5.41, 5.74) is 4.11. The number of nitrogens with one attached hydrogen (secondary N) is 1. The lowest BCUT2D eigenvalue weighted by molar-refractivity contribution is -0.153. The van der Waals surface area contributed by atoms with Crippen molar-refractivity contribution in [1.29, 1.82) is 0 Å². The minimum atomic E-state index is -0.659. The molecule has 2 atom stereocenters. The Kier molecular flexibility index (Phi) is 8.89. The molecule has 0 spiro atoms. The van der Waals surface area contributed by atoms with Gasteiger partial charge in [0.2, 0.25) is 5.91 Å². The van der Waals surface area contributed by atoms with Gasteiger partial charge < -0.3 is 19.7 Å². The molecule has 1 fully saturated rings. The second-order valence-electron chi connectivity index (χ2n) is 9.22. The predicted octanol–water partition coefficient (Wildman–Crippen LogP) is 6.50. The van der Waals surface area contributed by atoms with E-state index in [-0.39, 0.29) is 12.3 Å². The lowest BCUT2D eigenvalue weighted by Crippen LogP contribution is -2.46. The molecule has 0 aromatic heterocycles. The number of methoxy groups -OCH3 is 1. The molecule has 198 valence electrons. The van der Waals surface area contributed by atoms with Crippen LogP contribution in [0.5, 0.6) is 5.75 Å². The minimum Gasteiger partial charge on any atom is -0.497 e. The van der Waals surface area contributed by atoms with Crippen LogP contribution in [0.4, 0.5) is 11.4 Å². The SMILES string of the molecule is COc1ccc(C2C(C(=O)OCC(=O)Nc3c(Br)cc(C)cc3Br)CCC(=O)N2c2ccc(C)cc2)cc1.